The fourth-order valence-corrected chi connectivity index (χ4v) is 1.99. The highest BCUT2D eigenvalue weighted by atomic mass is 16.6. The van der Waals surface area contributed by atoms with Crippen LogP contribution >= 0.6 is 0 Å². The maximum absolute atomic E-state index is 11.3. The predicted octanol–water partition coefficient (Wildman–Crippen LogP) is 3.65. The van der Waals surface area contributed by atoms with Crippen molar-refractivity contribution in [3.8, 4) is 11.5 Å². The molecule has 0 fully saturated rings. The van der Waals surface area contributed by atoms with Crippen LogP contribution in [0.3, 0.4) is 0 Å². The second-order valence-corrected chi connectivity index (χ2v) is 4.89. The summed E-state index contributed by atoms with van der Waals surface area (Å²) >= 11 is 0. The molecule has 0 spiro atoms. The van der Waals surface area contributed by atoms with Crippen LogP contribution in [0.15, 0.2) is 54.6 Å². The first kappa shape index (κ1) is 16.5. The lowest BCUT2D eigenvalue weighted by Gasteiger charge is -2.18. The molecule has 0 aliphatic heterocycles. The van der Waals surface area contributed by atoms with Gasteiger partial charge >= 0.3 is 11.9 Å². The van der Waals surface area contributed by atoms with Gasteiger partial charge < -0.3 is 14.2 Å². The number of hydrogen-bond acceptors (Lipinski definition) is 5. The third-order valence-electron chi connectivity index (χ3n) is 2.95. The van der Waals surface area contributed by atoms with E-state index in [0.29, 0.717) is 17.1 Å². The van der Waals surface area contributed by atoms with Gasteiger partial charge in [-0.15, -0.1) is 0 Å². The molecule has 0 radical (unpaired) electrons. The number of carbonyl (C=O) groups excluding carboxylic acids is 2. The average Bonchev–Trinajstić information content (AvgIpc) is 2.52. The molecule has 1 unspecified atom stereocenters. The zero-order valence-electron chi connectivity index (χ0n) is 13.0. The minimum Gasteiger partial charge on any atom is -0.462 e. The van der Waals surface area contributed by atoms with Gasteiger partial charge in [0.05, 0.1) is 0 Å². The summed E-state index contributed by atoms with van der Waals surface area (Å²) in [7, 11) is 0. The highest BCUT2D eigenvalue weighted by molar-refractivity contribution is 5.67. The van der Waals surface area contributed by atoms with Crippen molar-refractivity contribution in [3.63, 3.8) is 0 Å². The molecule has 23 heavy (non-hydrogen) atoms. The molecule has 0 aliphatic rings. The van der Waals surface area contributed by atoms with Crippen LogP contribution in [0.2, 0.25) is 0 Å². The third-order valence-corrected chi connectivity index (χ3v) is 2.95. The molecule has 5 heteroatoms. The Morgan fingerprint density at radius 1 is 0.913 bits per heavy atom. The average molecular weight is 314 g/mol. The van der Waals surface area contributed by atoms with E-state index in [1.807, 2.05) is 30.3 Å². The normalized spacial score (nSPS) is 11.4. The Hall–Kier alpha value is -2.82. The molecule has 0 saturated heterocycles. The number of para-hydroxylation sites is 1. The summed E-state index contributed by atoms with van der Waals surface area (Å²) in [6.07, 6.45) is -0.671. The van der Waals surface area contributed by atoms with Crippen LogP contribution in [0.4, 0.5) is 0 Å². The molecule has 1 atom stereocenters. The van der Waals surface area contributed by atoms with Crippen LogP contribution < -0.4 is 4.74 Å². The minimum absolute atomic E-state index is 0.0380. The van der Waals surface area contributed by atoms with E-state index >= 15 is 0 Å². The first-order valence-corrected chi connectivity index (χ1v) is 7.18. The second kappa shape index (κ2) is 7.98. The third kappa shape index (κ3) is 5.47. The Kier molecular flexibility index (Phi) is 5.74. The molecule has 120 valence electrons. The Morgan fingerprint density at radius 2 is 1.61 bits per heavy atom. The zero-order chi connectivity index (χ0) is 16.7. The summed E-state index contributed by atoms with van der Waals surface area (Å²) < 4.78 is 15.9. The number of benzene rings is 2. The fraction of sp³-hybridized carbons (Fsp3) is 0.222. The molecule has 0 heterocycles. The lowest BCUT2D eigenvalue weighted by atomic mass is 10.1. The SMILES string of the molecule is CC(=O)OCC(OC(C)=O)c1cccc(Oc2ccccc2)c1. The van der Waals surface area contributed by atoms with Gasteiger partial charge in [0.2, 0.25) is 0 Å². The number of ether oxygens (including phenoxy) is 3. The Balaban J connectivity index is 2.16. The molecule has 0 N–H and O–H groups in total. The van der Waals surface area contributed by atoms with Gasteiger partial charge in [-0.25, -0.2) is 0 Å². The van der Waals surface area contributed by atoms with E-state index < -0.39 is 18.0 Å². The molecule has 5 nitrogen and oxygen atoms in total. The first-order chi connectivity index (χ1) is 11.0. The van der Waals surface area contributed by atoms with Crippen molar-refractivity contribution in [1.82, 2.24) is 0 Å². The van der Waals surface area contributed by atoms with E-state index in [2.05, 4.69) is 0 Å². The molecule has 0 bridgehead atoms. The Labute approximate surface area is 134 Å². The molecule has 2 aromatic carbocycles. The molecule has 2 rings (SSSR count). The molecular formula is C18H18O5. The van der Waals surface area contributed by atoms with Crippen molar-refractivity contribution in [2.24, 2.45) is 0 Å². The van der Waals surface area contributed by atoms with Crippen molar-refractivity contribution < 1.29 is 23.8 Å². The molecule has 2 aromatic rings. The maximum atomic E-state index is 11.3. The zero-order valence-corrected chi connectivity index (χ0v) is 13.0. The first-order valence-electron chi connectivity index (χ1n) is 7.18. The fourth-order valence-electron chi connectivity index (χ4n) is 1.99. The van der Waals surface area contributed by atoms with Gasteiger partial charge in [0.1, 0.15) is 18.1 Å². The van der Waals surface area contributed by atoms with E-state index in [4.69, 9.17) is 14.2 Å². The standard InChI is InChI=1S/C18H18O5/c1-13(19)21-12-18(22-14(2)20)15-7-6-10-17(11-15)23-16-8-4-3-5-9-16/h3-11,18H,12H2,1-2H3. The summed E-state index contributed by atoms with van der Waals surface area (Å²) in [5, 5.41) is 0. The molecule has 0 saturated carbocycles. The van der Waals surface area contributed by atoms with Gasteiger partial charge in [-0.1, -0.05) is 30.3 Å². The summed E-state index contributed by atoms with van der Waals surface area (Å²) in [6.45, 7) is 2.58. The van der Waals surface area contributed by atoms with Gasteiger partial charge in [0.25, 0.3) is 0 Å². The van der Waals surface area contributed by atoms with Crippen molar-refractivity contribution in [2.45, 2.75) is 20.0 Å². The number of hydrogen-bond donors (Lipinski definition) is 0. The van der Waals surface area contributed by atoms with Crippen LogP contribution in [0.1, 0.15) is 25.5 Å². The quantitative estimate of drug-likeness (QED) is 0.762. The number of esters is 2. The van der Waals surface area contributed by atoms with E-state index in [-0.39, 0.29) is 6.61 Å². The van der Waals surface area contributed by atoms with Gasteiger partial charge in [-0.2, -0.15) is 0 Å². The second-order valence-electron chi connectivity index (χ2n) is 4.89. The highest BCUT2D eigenvalue weighted by Crippen LogP contribution is 2.26. The molecule has 0 aliphatic carbocycles. The minimum atomic E-state index is -0.671. The van der Waals surface area contributed by atoms with Crippen LogP contribution in [0.25, 0.3) is 0 Å². The van der Waals surface area contributed by atoms with Crippen LogP contribution in [-0.2, 0) is 19.1 Å². The van der Waals surface area contributed by atoms with Gasteiger partial charge in [-0.3, -0.25) is 9.59 Å². The summed E-state index contributed by atoms with van der Waals surface area (Å²) in [5.41, 5.74) is 0.690. The smallest absolute Gasteiger partial charge is 0.303 e. The van der Waals surface area contributed by atoms with Crippen LogP contribution in [0, 0.1) is 0 Å². The molecule has 0 amide bonds. The van der Waals surface area contributed by atoms with Crippen LogP contribution in [-0.4, -0.2) is 18.5 Å². The van der Waals surface area contributed by atoms with Crippen molar-refractivity contribution in [3.05, 3.63) is 60.2 Å². The summed E-state index contributed by atoms with van der Waals surface area (Å²) in [6, 6.07) is 16.5. The van der Waals surface area contributed by atoms with E-state index in [9.17, 15) is 9.59 Å². The largest absolute Gasteiger partial charge is 0.462 e. The van der Waals surface area contributed by atoms with E-state index in [1.165, 1.54) is 13.8 Å². The Morgan fingerprint density at radius 3 is 2.26 bits per heavy atom. The summed E-state index contributed by atoms with van der Waals surface area (Å²) in [4.78, 5) is 22.2. The molecular weight excluding hydrogens is 296 g/mol. The van der Waals surface area contributed by atoms with Gasteiger partial charge in [-0.05, 0) is 29.8 Å². The predicted molar refractivity (Wildman–Crippen MR) is 84.1 cm³/mol. The van der Waals surface area contributed by atoms with Gasteiger partial charge in [0.15, 0.2) is 6.10 Å². The van der Waals surface area contributed by atoms with Gasteiger partial charge in [0, 0.05) is 13.8 Å². The van der Waals surface area contributed by atoms with Crippen molar-refractivity contribution >= 4 is 11.9 Å². The van der Waals surface area contributed by atoms with E-state index in [1.54, 1.807) is 24.3 Å². The number of rotatable bonds is 6. The Bertz CT molecular complexity index is 666. The highest BCUT2D eigenvalue weighted by Gasteiger charge is 2.17. The van der Waals surface area contributed by atoms with Crippen molar-refractivity contribution in [2.75, 3.05) is 6.61 Å². The van der Waals surface area contributed by atoms with Crippen molar-refractivity contribution in [1.29, 1.82) is 0 Å². The topological polar surface area (TPSA) is 61.8 Å². The summed E-state index contributed by atoms with van der Waals surface area (Å²) in [5.74, 6) is 0.428. The lowest BCUT2D eigenvalue weighted by molar-refractivity contribution is -0.156. The maximum Gasteiger partial charge on any atom is 0.303 e. The monoisotopic (exact) mass is 314 g/mol. The van der Waals surface area contributed by atoms with E-state index in [0.717, 1.165) is 0 Å². The molecule has 0 aromatic heterocycles. The number of carbonyl (C=O) groups is 2. The lowest BCUT2D eigenvalue weighted by Crippen LogP contribution is -2.16. The van der Waals surface area contributed by atoms with Crippen LogP contribution in [0.5, 0.6) is 11.5 Å².